The fraction of sp³-hybridized carbons (Fsp3) is 0.385. The van der Waals surface area contributed by atoms with Gasteiger partial charge in [-0.1, -0.05) is 55.8 Å². The van der Waals surface area contributed by atoms with E-state index in [0.29, 0.717) is 5.56 Å². The van der Waals surface area contributed by atoms with Crippen molar-refractivity contribution in [3.63, 3.8) is 0 Å². The van der Waals surface area contributed by atoms with Crippen LogP contribution in [-0.2, 0) is 0 Å². The highest BCUT2D eigenvalue weighted by molar-refractivity contribution is 6.07. The Kier molecular flexibility index (Phi) is 7.58. The lowest BCUT2D eigenvalue weighted by atomic mass is 10.0. The molecule has 4 heteroatoms. The maximum atomic E-state index is 13.2. The molecule has 0 unspecified atom stereocenters. The monoisotopic (exact) mass is 403 g/mol. The van der Waals surface area contributed by atoms with E-state index >= 15 is 0 Å². The zero-order valence-electron chi connectivity index (χ0n) is 18.6. The standard InChI is InChI=1S/C26H33N3O/c1-5-29(6-2)16-10-11-20(4)27-26(30)23-18-25(21-12-8-7-9-13-21)28-24-15-14-19(3)17-22(23)24/h7-9,12-15,17-18,20H,5-6,10-11,16H2,1-4H3,(H,27,30)/t20-/m1/s1. The number of nitrogens with one attached hydrogen (secondary N) is 1. The molecule has 0 aliphatic rings. The smallest absolute Gasteiger partial charge is 0.252 e. The van der Waals surface area contributed by atoms with Crippen LogP contribution < -0.4 is 5.32 Å². The van der Waals surface area contributed by atoms with Gasteiger partial charge in [0, 0.05) is 17.0 Å². The van der Waals surface area contributed by atoms with Gasteiger partial charge in [0.25, 0.3) is 5.91 Å². The van der Waals surface area contributed by atoms with Crippen molar-refractivity contribution in [1.29, 1.82) is 0 Å². The highest BCUT2D eigenvalue weighted by atomic mass is 16.1. The zero-order chi connectivity index (χ0) is 21.5. The van der Waals surface area contributed by atoms with Crippen molar-refractivity contribution in [2.75, 3.05) is 19.6 Å². The van der Waals surface area contributed by atoms with Gasteiger partial charge in [-0.15, -0.1) is 0 Å². The lowest BCUT2D eigenvalue weighted by Gasteiger charge is -2.20. The van der Waals surface area contributed by atoms with Crippen molar-refractivity contribution >= 4 is 16.8 Å². The van der Waals surface area contributed by atoms with Gasteiger partial charge in [-0.05, 0) is 64.5 Å². The minimum atomic E-state index is -0.0273. The van der Waals surface area contributed by atoms with Crippen LogP contribution in [0.2, 0.25) is 0 Å². The van der Waals surface area contributed by atoms with E-state index in [1.54, 1.807) is 0 Å². The number of carbonyl (C=O) groups excluding carboxylic acids is 1. The van der Waals surface area contributed by atoms with E-state index in [-0.39, 0.29) is 11.9 Å². The molecule has 158 valence electrons. The summed E-state index contributed by atoms with van der Waals surface area (Å²) in [6.07, 6.45) is 2.05. The lowest BCUT2D eigenvalue weighted by Crippen LogP contribution is -2.34. The van der Waals surface area contributed by atoms with Crippen molar-refractivity contribution in [3.8, 4) is 11.3 Å². The summed E-state index contributed by atoms with van der Waals surface area (Å²) in [5, 5.41) is 4.12. The van der Waals surface area contributed by atoms with Crippen molar-refractivity contribution < 1.29 is 4.79 Å². The fourth-order valence-corrected chi connectivity index (χ4v) is 3.82. The number of aromatic nitrogens is 1. The van der Waals surface area contributed by atoms with Crippen molar-refractivity contribution in [2.24, 2.45) is 0 Å². The number of benzene rings is 2. The van der Waals surface area contributed by atoms with Gasteiger partial charge < -0.3 is 10.2 Å². The molecule has 1 aromatic heterocycles. The third-order valence-corrected chi connectivity index (χ3v) is 5.66. The van der Waals surface area contributed by atoms with Crippen LogP contribution in [0.25, 0.3) is 22.2 Å². The van der Waals surface area contributed by atoms with E-state index in [9.17, 15) is 4.79 Å². The highest BCUT2D eigenvalue weighted by Gasteiger charge is 2.16. The van der Waals surface area contributed by atoms with Gasteiger partial charge >= 0.3 is 0 Å². The van der Waals surface area contributed by atoms with Gasteiger partial charge in [-0.3, -0.25) is 4.79 Å². The Morgan fingerprint density at radius 1 is 1.07 bits per heavy atom. The molecule has 0 radical (unpaired) electrons. The van der Waals surface area contributed by atoms with E-state index < -0.39 is 0 Å². The predicted molar refractivity (Wildman–Crippen MR) is 126 cm³/mol. The molecule has 0 saturated heterocycles. The van der Waals surface area contributed by atoms with Crippen molar-refractivity contribution in [1.82, 2.24) is 15.2 Å². The lowest BCUT2D eigenvalue weighted by molar-refractivity contribution is 0.0939. The summed E-state index contributed by atoms with van der Waals surface area (Å²) in [5.74, 6) is -0.0273. The first kappa shape index (κ1) is 22.0. The number of amides is 1. The quantitative estimate of drug-likeness (QED) is 0.517. The molecular weight excluding hydrogens is 370 g/mol. The van der Waals surface area contributed by atoms with Crippen LogP contribution in [0, 0.1) is 6.92 Å². The van der Waals surface area contributed by atoms with Crippen LogP contribution in [0.3, 0.4) is 0 Å². The first-order valence-electron chi connectivity index (χ1n) is 11.0. The summed E-state index contributed by atoms with van der Waals surface area (Å²) >= 11 is 0. The summed E-state index contributed by atoms with van der Waals surface area (Å²) in [4.78, 5) is 20.5. The molecule has 30 heavy (non-hydrogen) atoms. The van der Waals surface area contributed by atoms with Crippen LogP contribution in [0.4, 0.5) is 0 Å². The average Bonchev–Trinajstić information content (AvgIpc) is 2.76. The number of aryl methyl sites for hydroxylation is 1. The molecule has 1 amide bonds. The largest absolute Gasteiger partial charge is 0.350 e. The third-order valence-electron chi connectivity index (χ3n) is 5.66. The summed E-state index contributed by atoms with van der Waals surface area (Å²) in [5.41, 5.74) is 4.50. The van der Waals surface area contributed by atoms with Crippen LogP contribution in [0.15, 0.2) is 54.6 Å². The van der Waals surface area contributed by atoms with Gasteiger partial charge in [0.15, 0.2) is 0 Å². The van der Waals surface area contributed by atoms with Gasteiger partial charge in [0.2, 0.25) is 0 Å². The molecule has 3 rings (SSSR count). The van der Waals surface area contributed by atoms with E-state index in [0.717, 1.165) is 60.2 Å². The third kappa shape index (κ3) is 5.45. The molecule has 3 aromatic rings. The Morgan fingerprint density at radius 2 is 1.80 bits per heavy atom. The number of hydrogen-bond acceptors (Lipinski definition) is 3. The normalized spacial score (nSPS) is 12.3. The van der Waals surface area contributed by atoms with Crippen LogP contribution in [-0.4, -0.2) is 41.5 Å². The molecule has 0 aliphatic heterocycles. The molecule has 0 fully saturated rings. The fourth-order valence-electron chi connectivity index (χ4n) is 3.82. The minimum absolute atomic E-state index is 0.0273. The SMILES string of the molecule is CCN(CC)CCC[C@@H](C)NC(=O)c1cc(-c2ccccc2)nc2ccc(C)cc12. The Balaban J connectivity index is 1.82. The molecule has 0 spiro atoms. The number of nitrogens with zero attached hydrogens (tertiary/aromatic N) is 2. The maximum absolute atomic E-state index is 13.2. The Bertz CT molecular complexity index is 980. The van der Waals surface area contributed by atoms with E-state index in [1.807, 2.05) is 55.5 Å². The highest BCUT2D eigenvalue weighted by Crippen LogP contribution is 2.26. The second kappa shape index (κ2) is 10.4. The number of carbonyl (C=O) groups is 1. The summed E-state index contributed by atoms with van der Waals surface area (Å²) in [6, 6.07) is 18.2. The number of hydrogen-bond donors (Lipinski definition) is 1. The van der Waals surface area contributed by atoms with E-state index in [2.05, 4.69) is 37.1 Å². The molecule has 1 N–H and O–H groups in total. The van der Waals surface area contributed by atoms with Crippen molar-refractivity contribution in [3.05, 3.63) is 65.7 Å². The van der Waals surface area contributed by atoms with Crippen LogP contribution >= 0.6 is 0 Å². The second-order valence-electron chi connectivity index (χ2n) is 7.99. The predicted octanol–water partition coefficient (Wildman–Crippen LogP) is 5.45. The van der Waals surface area contributed by atoms with E-state index in [4.69, 9.17) is 4.98 Å². The molecular formula is C26H33N3O. The summed E-state index contributed by atoms with van der Waals surface area (Å²) in [7, 11) is 0. The number of fused-ring (bicyclic) bond motifs is 1. The van der Waals surface area contributed by atoms with E-state index in [1.165, 1.54) is 0 Å². The molecule has 0 bridgehead atoms. The zero-order valence-corrected chi connectivity index (χ0v) is 18.6. The molecule has 2 aromatic carbocycles. The van der Waals surface area contributed by atoms with Crippen LogP contribution in [0.5, 0.6) is 0 Å². The number of rotatable bonds is 9. The Hall–Kier alpha value is -2.72. The molecule has 0 saturated carbocycles. The average molecular weight is 404 g/mol. The van der Waals surface area contributed by atoms with Gasteiger partial charge in [0.1, 0.15) is 0 Å². The van der Waals surface area contributed by atoms with Gasteiger partial charge in [-0.2, -0.15) is 0 Å². The Morgan fingerprint density at radius 3 is 2.50 bits per heavy atom. The minimum Gasteiger partial charge on any atom is -0.350 e. The van der Waals surface area contributed by atoms with Crippen LogP contribution in [0.1, 0.15) is 49.5 Å². The first-order chi connectivity index (χ1) is 14.5. The summed E-state index contributed by atoms with van der Waals surface area (Å²) in [6.45, 7) is 11.7. The number of pyridine rings is 1. The summed E-state index contributed by atoms with van der Waals surface area (Å²) < 4.78 is 0. The Labute approximate surface area is 180 Å². The van der Waals surface area contributed by atoms with Crippen molar-refractivity contribution in [2.45, 2.75) is 46.6 Å². The molecule has 1 atom stereocenters. The molecule has 0 aliphatic carbocycles. The first-order valence-corrected chi connectivity index (χ1v) is 11.0. The van der Waals surface area contributed by atoms with Gasteiger partial charge in [0.05, 0.1) is 16.8 Å². The molecule has 4 nitrogen and oxygen atoms in total. The second-order valence-corrected chi connectivity index (χ2v) is 7.99. The van der Waals surface area contributed by atoms with Gasteiger partial charge in [-0.25, -0.2) is 4.98 Å². The topological polar surface area (TPSA) is 45.2 Å². The molecule has 1 heterocycles. The maximum Gasteiger partial charge on any atom is 0.252 e.